The molecule has 0 unspecified atom stereocenters. The van der Waals surface area contributed by atoms with Gasteiger partial charge in [-0.2, -0.15) is 5.10 Å². The van der Waals surface area contributed by atoms with Crippen LogP contribution in [0.4, 0.5) is 5.69 Å². The van der Waals surface area contributed by atoms with Gasteiger partial charge in [-0.1, -0.05) is 48.0 Å². The molecule has 0 saturated carbocycles. The van der Waals surface area contributed by atoms with E-state index < -0.39 is 22.5 Å². The van der Waals surface area contributed by atoms with E-state index in [1.54, 1.807) is 48.7 Å². The molecule has 1 aromatic heterocycles. The van der Waals surface area contributed by atoms with E-state index in [0.717, 1.165) is 26.9 Å². The van der Waals surface area contributed by atoms with E-state index in [4.69, 9.17) is 4.74 Å². The van der Waals surface area contributed by atoms with Crippen LogP contribution in [-0.2, 0) is 14.8 Å². The van der Waals surface area contributed by atoms with Gasteiger partial charge in [-0.15, -0.1) is 0 Å². The van der Waals surface area contributed by atoms with E-state index >= 15 is 0 Å². The highest BCUT2D eigenvalue weighted by Crippen LogP contribution is 2.32. The Morgan fingerprint density at radius 1 is 0.974 bits per heavy atom. The number of ether oxygens (including phenoxy) is 1. The average Bonchev–Trinajstić information content (AvgIpc) is 3.20. The van der Waals surface area contributed by atoms with Crippen molar-refractivity contribution >= 4 is 27.8 Å². The van der Waals surface area contributed by atoms with Crippen LogP contribution in [0.2, 0.25) is 0 Å². The minimum Gasteiger partial charge on any atom is -0.495 e. The summed E-state index contributed by atoms with van der Waals surface area (Å²) in [5.41, 5.74) is 7.76. The second-order valence-corrected chi connectivity index (χ2v) is 10.6. The zero-order chi connectivity index (χ0) is 27.3. The van der Waals surface area contributed by atoms with Crippen LogP contribution in [0.5, 0.6) is 5.75 Å². The van der Waals surface area contributed by atoms with Crippen LogP contribution in [-0.4, -0.2) is 38.8 Å². The number of carbonyl (C=O) groups excluding carboxylic acids is 1. The number of hydrogen-bond donors (Lipinski definition) is 1. The summed E-state index contributed by atoms with van der Waals surface area (Å²) in [4.78, 5) is 13.0. The first-order valence-corrected chi connectivity index (χ1v) is 13.4. The summed E-state index contributed by atoms with van der Waals surface area (Å²) in [7, 11) is -2.62. The minimum absolute atomic E-state index is 0.0609. The first-order valence-electron chi connectivity index (χ1n) is 12.0. The van der Waals surface area contributed by atoms with Crippen LogP contribution < -0.4 is 14.5 Å². The number of rotatable bonds is 9. The van der Waals surface area contributed by atoms with E-state index in [0.29, 0.717) is 5.75 Å². The number of nitrogens with zero attached hydrogens (tertiary/aromatic N) is 3. The molecule has 8 nitrogen and oxygen atoms in total. The van der Waals surface area contributed by atoms with Crippen molar-refractivity contribution in [2.75, 3.05) is 18.0 Å². The number of hydrogen-bond acceptors (Lipinski definition) is 5. The smallest absolute Gasteiger partial charge is 0.264 e. The van der Waals surface area contributed by atoms with E-state index in [-0.39, 0.29) is 10.6 Å². The van der Waals surface area contributed by atoms with Gasteiger partial charge in [0.25, 0.3) is 15.9 Å². The maximum atomic E-state index is 13.5. The summed E-state index contributed by atoms with van der Waals surface area (Å²) in [6.07, 6.45) is 1.56. The zero-order valence-electron chi connectivity index (χ0n) is 21.8. The number of hydrazone groups is 1. The van der Waals surface area contributed by atoms with Crippen LogP contribution >= 0.6 is 0 Å². The fraction of sp³-hybridized carbons (Fsp3) is 0.172. The quantitative estimate of drug-likeness (QED) is 0.250. The van der Waals surface area contributed by atoms with Gasteiger partial charge >= 0.3 is 0 Å². The second-order valence-electron chi connectivity index (χ2n) is 8.79. The highest BCUT2D eigenvalue weighted by atomic mass is 32.2. The largest absolute Gasteiger partial charge is 0.495 e. The van der Waals surface area contributed by atoms with Crippen LogP contribution in [0.1, 0.15) is 22.5 Å². The third-order valence-corrected chi connectivity index (χ3v) is 7.90. The van der Waals surface area contributed by atoms with Gasteiger partial charge in [-0.3, -0.25) is 9.10 Å². The molecular formula is C29H30N4O4S. The number of benzene rings is 3. The van der Waals surface area contributed by atoms with Gasteiger partial charge in [-0.05, 0) is 63.2 Å². The van der Waals surface area contributed by atoms with E-state index in [1.165, 1.54) is 24.8 Å². The molecular weight excluding hydrogens is 500 g/mol. The van der Waals surface area contributed by atoms with Gasteiger partial charge in [0.2, 0.25) is 0 Å². The Labute approximate surface area is 223 Å². The van der Waals surface area contributed by atoms with Crippen LogP contribution in [0.15, 0.2) is 94.9 Å². The predicted molar refractivity (Wildman–Crippen MR) is 150 cm³/mol. The lowest BCUT2D eigenvalue weighted by Crippen LogP contribution is -2.39. The molecule has 0 saturated heterocycles. The van der Waals surface area contributed by atoms with Crippen LogP contribution in [0.25, 0.3) is 5.69 Å². The molecule has 0 spiro atoms. The molecule has 0 radical (unpaired) electrons. The SMILES string of the molecule is COc1ccccc1N(CC(=O)N/N=C\c1cc(C)n(-c2ccc(C)cc2)c1C)S(=O)(=O)c1ccccc1. The average molecular weight is 531 g/mol. The summed E-state index contributed by atoms with van der Waals surface area (Å²) in [5.74, 6) is -0.272. The van der Waals surface area contributed by atoms with Gasteiger partial charge in [0.05, 0.1) is 23.9 Å². The fourth-order valence-corrected chi connectivity index (χ4v) is 5.66. The number of methoxy groups -OCH3 is 1. The third kappa shape index (κ3) is 5.63. The molecule has 1 heterocycles. The fourth-order valence-electron chi connectivity index (χ4n) is 4.20. The van der Waals surface area contributed by atoms with Crippen molar-refractivity contribution in [3.63, 3.8) is 0 Å². The Morgan fingerprint density at radius 2 is 1.63 bits per heavy atom. The Kier molecular flexibility index (Phi) is 7.97. The highest BCUT2D eigenvalue weighted by molar-refractivity contribution is 7.92. The maximum absolute atomic E-state index is 13.5. The van der Waals surface area contributed by atoms with Gasteiger partial charge in [0, 0.05) is 22.6 Å². The number of aromatic nitrogens is 1. The maximum Gasteiger partial charge on any atom is 0.264 e. The number of para-hydroxylation sites is 2. The Bertz CT molecular complexity index is 1560. The summed E-state index contributed by atoms with van der Waals surface area (Å²) in [6.45, 7) is 5.53. The molecule has 196 valence electrons. The van der Waals surface area contributed by atoms with Crippen molar-refractivity contribution in [2.45, 2.75) is 25.7 Å². The van der Waals surface area contributed by atoms with Gasteiger partial charge < -0.3 is 9.30 Å². The summed E-state index contributed by atoms with van der Waals surface area (Å²) >= 11 is 0. The van der Waals surface area contributed by atoms with Crippen molar-refractivity contribution in [1.82, 2.24) is 9.99 Å². The molecule has 0 fully saturated rings. The molecule has 3 aromatic carbocycles. The lowest BCUT2D eigenvalue weighted by atomic mass is 10.2. The molecule has 9 heteroatoms. The Hall–Kier alpha value is -4.37. The monoisotopic (exact) mass is 530 g/mol. The van der Waals surface area contributed by atoms with Crippen molar-refractivity contribution in [3.05, 3.63) is 107 Å². The van der Waals surface area contributed by atoms with Crippen molar-refractivity contribution < 1.29 is 17.9 Å². The molecule has 0 atom stereocenters. The van der Waals surface area contributed by atoms with E-state index in [1.807, 2.05) is 26.8 Å². The minimum atomic E-state index is -4.06. The van der Waals surface area contributed by atoms with Crippen LogP contribution in [0, 0.1) is 20.8 Å². The first kappa shape index (κ1) is 26.7. The van der Waals surface area contributed by atoms with Gasteiger partial charge in [-0.25, -0.2) is 13.8 Å². The topological polar surface area (TPSA) is 93.0 Å². The predicted octanol–water partition coefficient (Wildman–Crippen LogP) is 4.76. The van der Waals surface area contributed by atoms with Crippen molar-refractivity contribution in [2.24, 2.45) is 5.10 Å². The lowest BCUT2D eigenvalue weighted by Gasteiger charge is -2.25. The molecule has 4 rings (SSSR count). The summed E-state index contributed by atoms with van der Waals surface area (Å²) < 4.78 is 35.6. The molecule has 4 aromatic rings. The standard InChI is InChI=1S/C29H30N4O4S/c1-21-14-16-25(17-15-21)33-22(2)18-24(23(33)3)19-30-31-29(34)20-32(27-12-8-9-13-28(27)37-4)38(35,36)26-10-6-5-7-11-26/h5-19H,20H2,1-4H3,(H,31,34)/b30-19-. The number of amides is 1. The molecule has 0 aliphatic heterocycles. The molecule has 0 bridgehead atoms. The number of nitrogens with one attached hydrogen (secondary N) is 1. The highest BCUT2D eigenvalue weighted by Gasteiger charge is 2.29. The molecule has 38 heavy (non-hydrogen) atoms. The number of anilines is 1. The van der Waals surface area contributed by atoms with Gasteiger partial charge in [0.15, 0.2) is 0 Å². The van der Waals surface area contributed by atoms with Crippen molar-refractivity contribution in [1.29, 1.82) is 0 Å². The third-order valence-electron chi connectivity index (χ3n) is 6.13. The van der Waals surface area contributed by atoms with E-state index in [2.05, 4.69) is 39.4 Å². The van der Waals surface area contributed by atoms with Crippen molar-refractivity contribution in [3.8, 4) is 11.4 Å². The second kappa shape index (κ2) is 11.4. The van der Waals surface area contributed by atoms with Gasteiger partial charge in [0.1, 0.15) is 12.3 Å². The number of carbonyl (C=O) groups is 1. The molecule has 1 amide bonds. The normalized spacial score (nSPS) is 11.5. The zero-order valence-corrected chi connectivity index (χ0v) is 22.6. The molecule has 0 aliphatic rings. The van der Waals surface area contributed by atoms with E-state index in [9.17, 15) is 13.2 Å². The Balaban J connectivity index is 1.57. The summed E-state index contributed by atoms with van der Waals surface area (Å²) in [6, 6.07) is 24.8. The number of aryl methyl sites for hydroxylation is 2. The number of sulfonamides is 1. The Morgan fingerprint density at radius 3 is 2.32 bits per heavy atom. The lowest BCUT2D eigenvalue weighted by molar-refractivity contribution is -0.119. The first-order chi connectivity index (χ1) is 18.2. The molecule has 0 aliphatic carbocycles. The molecule has 1 N–H and O–H groups in total. The summed E-state index contributed by atoms with van der Waals surface area (Å²) in [5, 5.41) is 4.12. The van der Waals surface area contributed by atoms with Crippen LogP contribution in [0.3, 0.4) is 0 Å².